The number of imidazole rings is 1. The molecule has 4 rings (SSSR count). The molecule has 0 unspecified atom stereocenters. The van der Waals surface area contributed by atoms with E-state index in [1.807, 2.05) is 24.0 Å². The molecule has 1 aliphatic heterocycles. The monoisotopic (exact) mass is 507 g/mol. The third-order valence-corrected chi connectivity index (χ3v) is 6.60. The van der Waals surface area contributed by atoms with Crippen molar-refractivity contribution < 1.29 is 9.59 Å². The molecule has 1 aromatic carbocycles. The topological polar surface area (TPSA) is 137 Å². The van der Waals surface area contributed by atoms with Gasteiger partial charge in [-0.05, 0) is 31.9 Å². The van der Waals surface area contributed by atoms with Crippen molar-refractivity contribution in [1.29, 1.82) is 0 Å². The summed E-state index contributed by atoms with van der Waals surface area (Å²) in [4.78, 5) is 58.9. The summed E-state index contributed by atoms with van der Waals surface area (Å²) in [5.74, 6) is -0.132. The number of amides is 1. The van der Waals surface area contributed by atoms with E-state index in [0.29, 0.717) is 24.7 Å². The molecule has 3 aromatic rings. The lowest BCUT2D eigenvalue weighted by Crippen LogP contribution is -2.44. The number of nitrogens with zero attached hydrogens (tertiary/aromatic N) is 5. The zero-order valence-corrected chi connectivity index (χ0v) is 21.4. The van der Waals surface area contributed by atoms with Crippen LogP contribution < -0.4 is 27.2 Å². The van der Waals surface area contributed by atoms with Gasteiger partial charge in [0.1, 0.15) is 0 Å². The molecular formula is C26H33N7O4. The minimum Gasteiger partial charge on any atom is -0.341 e. The number of fused-ring (bicyclic) bond motifs is 1. The molecule has 196 valence electrons. The number of Topliss-reactive ketones (excluding diaryl/α,β-unsaturated/α-hetero) is 1. The number of aryl methyl sites for hydroxylation is 1. The fraction of sp³-hybridized carbons (Fsp3) is 0.423. The molecule has 1 aliphatic rings. The first-order valence-corrected chi connectivity index (χ1v) is 12.5. The Balaban J connectivity index is 1.82. The van der Waals surface area contributed by atoms with E-state index in [-0.39, 0.29) is 35.1 Å². The predicted molar refractivity (Wildman–Crippen MR) is 143 cm³/mol. The Bertz CT molecular complexity index is 1480. The van der Waals surface area contributed by atoms with Gasteiger partial charge in [-0.3, -0.25) is 23.5 Å². The molecule has 1 saturated heterocycles. The molecule has 1 amide bonds. The van der Waals surface area contributed by atoms with Crippen LogP contribution in [-0.2, 0) is 24.9 Å². The lowest BCUT2D eigenvalue weighted by molar-refractivity contribution is -0.115. The number of carbonyl (C=O) groups excluding carboxylic acids is 2. The third kappa shape index (κ3) is 5.12. The number of benzene rings is 1. The van der Waals surface area contributed by atoms with Gasteiger partial charge in [0, 0.05) is 44.7 Å². The van der Waals surface area contributed by atoms with Gasteiger partial charge in [-0.15, -0.1) is 0 Å². The number of hydrogen-bond acceptors (Lipinski definition) is 7. The molecule has 0 saturated carbocycles. The number of hydrogen-bond donors (Lipinski definition) is 2. The Morgan fingerprint density at radius 3 is 2.68 bits per heavy atom. The molecule has 0 bridgehead atoms. The third-order valence-electron chi connectivity index (χ3n) is 6.60. The molecule has 0 aliphatic carbocycles. The first kappa shape index (κ1) is 26.1. The maximum absolute atomic E-state index is 13.7. The lowest BCUT2D eigenvalue weighted by Gasteiger charge is -2.31. The fourth-order valence-corrected chi connectivity index (χ4v) is 4.62. The second kappa shape index (κ2) is 11.0. The Kier molecular flexibility index (Phi) is 7.72. The molecule has 11 heteroatoms. The van der Waals surface area contributed by atoms with Crippen molar-refractivity contribution in [2.24, 2.45) is 12.8 Å². The number of ketones is 1. The number of anilines is 2. The first-order chi connectivity index (χ1) is 17.8. The van der Waals surface area contributed by atoms with Gasteiger partial charge < -0.3 is 20.5 Å². The number of nitrogens with one attached hydrogen (secondary N) is 1. The van der Waals surface area contributed by atoms with Crippen LogP contribution in [0.3, 0.4) is 0 Å². The molecule has 1 atom stereocenters. The zero-order chi connectivity index (χ0) is 26.7. The molecule has 1 fully saturated rings. The Morgan fingerprint density at radius 1 is 1.22 bits per heavy atom. The Labute approximate surface area is 214 Å². The lowest BCUT2D eigenvalue weighted by atomic mass is 10.1. The number of piperidine rings is 1. The van der Waals surface area contributed by atoms with Gasteiger partial charge in [-0.2, -0.15) is 4.98 Å². The minimum absolute atomic E-state index is 0.00454. The molecule has 3 N–H and O–H groups in total. The van der Waals surface area contributed by atoms with Crippen molar-refractivity contribution in [3.05, 3.63) is 62.8 Å². The van der Waals surface area contributed by atoms with Crippen molar-refractivity contribution in [3.63, 3.8) is 0 Å². The summed E-state index contributed by atoms with van der Waals surface area (Å²) in [6.07, 6.45) is 5.85. The van der Waals surface area contributed by atoms with Gasteiger partial charge in [0.15, 0.2) is 16.9 Å². The maximum atomic E-state index is 13.7. The van der Waals surface area contributed by atoms with Gasteiger partial charge in [0.2, 0.25) is 11.9 Å². The van der Waals surface area contributed by atoms with E-state index >= 15 is 0 Å². The summed E-state index contributed by atoms with van der Waals surface area (Å²) < 4.78 is 4.02. The van der Waals surface area contributed by atoms with Crippen LogP contribution in [0.1, 0.15) is 43.5 Å². The number of rotatable bonds is 8. The van der Waals surface area contributed by atoms with Crippen LogP contribution in [0.25, 0.3) is 11.2 Å². The number of nitrogens with two attached hydrogens (primary N) is 1. The van der Waals surface area contributed by atoms with E-state index in [2.05, 4.69) is 5.32 Å². The highest BCUT2D eigenvalue weighted by Gasteiger charge is 2.26. The summed E-state index contributed by atoms with van der Waals surface area (Å²) in [7, 11) is 1.54. The predicted octanol–water partition coefficient (Wildman–Crippen LogP) is 1.63. The van der Waals surface area contributed by atoms with Crippen LogP contribution in [0.4, 0.5) is 11.6 Å². The number of para-hydroxylation sites is 1. The van der Waals surface area contributed by atoms with Gasteiger partial charge >= 0.3 is 5.69 Å². The molecule has 2 aromatic heterocycles. The van der Waals surface area contributed by atoms with Crippen molar-refractivity contribution in [1.82, 2.24) is 18.7 Å². The summed E-state index contributed by atoms with van der Waals surface area (Å²) in [5.41, 5.74) is 6.04. The van der Waals surface area contributed by atoms with Crippen molar-refractivity contribution in [2.75, 3.05) is 23.3 Å². The molecule has 0 spiro atoms. The first-order valence-electron chi connectivity index (χ1n) is 12.5. The quantitative estimate of drug-likeness (QED) is 0.349. The summed E-state index contributed by atoms with van der Waals surface area (Å²) in [6.45, 7) is 4.84. The van der Waals surface area contributed by atoms with Crippen LogP contribution in [0, 0.1) is 0 Å². The smallest absolute Gasteiger partial charge is 0.332 e. The van der Waals surface area contributed by atoms with E-state index in [1.54, 1.807) is 42.8 Å². The van der Waals surface area contributed by atoms with Gasteiger partial charge in [-0.1, -0.05) is 31.2 Å². The molecule has 3 heterocycles. The van der Waals surface area contributed by atoms with E-state index in [1.165, 1.54) is 4.57 Å². The van der Waals surface area contributed by atoms with E-state index < -0.39 is 23.6 Å². The standard InChI is InChI=1S/C26H33N7O4/c1-4-6-14-32-22-23(29-25(32)31-13-9-10-17(27)15-31)30(3)26(37)33(24(22)36)16-20(34)18-11-7-8-12-19(18)28-21(35)5-2/h4,6-8,11-12,17H,5,9-10,13-16,27H2,1-3H3,(H,28,35)/b6-4+/t17-/m1/s1. The summed E-state index contributed by atoms with van der Waals surface area (Å²) in [5, 5.41) is 2.70. The van der Waals surface area contributed by atoms with E-state index in [0.717, 1.165) is 24.0 Å². The fourth-order valence-electron chi connectivity index (χ4n) is 4.62. The summed E-state index contributed by atoms with van der Waals surface area (Å²) in [6, 6.07) is 6.55. The second-order valence-corrected chi connectivity index (χ2v) is 9.22. The SMILES string of the molecule is C/C=C/Cn1c(N2CCC[C@@H](N)C2)nc2c1c(=O)n(CC(=O)c1ccccc1NC(=O)CC)c(=O)n2C. The van der Waals surface area contributed by atoms with Crippen molar-refractivity contribution in [3.8, 4) is 0 Å². The van der Waals surface area contributed by atoms with E-state index in [9.17, 15) is 19.2 Å². The highest BCUT2D eigenvalue weighted by molar-refractivity contribution is 6.04. The average molecular weight is 508 g/mol. The van der Waals surface area contributed by atoms with Crippen LogP contribution in [0.5, 0.6) is 0 Å². The van der Waals surface area contributed by atoms with Crippen LogP contribution in [-0.4, -0.2) is 49.5 Å². The van der Waals surface area contributed by atoms with Crippen molar-refractivity contribution in [2.45, 2.75) is 52.2 Å². The van der Waals surface area contributed by atoms with Crippen LogP contribution in [0.15, 0.2) is 46.0 Å². The van der Waals surface area contributed by atoms with Gasteiger partial charge in [-0.25, -0.2) is 4.79 Å². The van der Waals surface area contributed by atoms with Gasteiger partial charge in [0.25, 0.3) is 5.56 Å². The Hall–Kier alpha value is -3.99. The highest BCUT2D eigenvalue weighted by atomic mass is 16.2. The molecular weight excluding hydrogens is 474 g/mol. The largest absolute Gasteiger partial charge is 0.341 e. The highest BCUT2D eigenvalue weighted by Crippen LogP contribution is 2.23. The number of allylic oxidation sites excluding steroid dienone is 2. The number of carbonyl (C=O) groups is 2. The average Bonchev–Trinajstić information content (AvgIpc) is 3.28. The summed E-state index contributed by atoms with van der Waals surface area (Å²) >= 11 is 0. The Morgan fingerprint density at radius 2 is 1.97 bits per heavy atom. The molecule has 37 heavy (non-hydrogen) atoms. The minimum atomic E-state index is -0.640. The zero-order valence-electron chi connectivity index (χ0n) is 21.4. The second-order valence-electron chi connectivity index (χ2n) is 9.22. The van der Waals surface area contributed by atoms with Crippen molar-refractivity contribution >= 4 is 34.5 Å². The number of aromatic nitrogens is 4. The normalized spacial score (nSPS) is 16.0. The van der Waals surface area contributed by atoms with Crippen LogP contribution in [0.2, 0.25) is 0 Å². The molecule has 11 nitrogen and oxygen atoms in total. The maximum Gasteiger partial charge on any atom is 0.332 e. The molecule has 0 radical (unpaired) electrons. The van der Waals surface area contributed by atoms with Gasteiger partial charge in [0.05, 0.1) is 12.2 Å². The van der Waals surface area contributed by atoms with E-state index in [4.69, 9.17) is 10.7 Å². The van der Waals surface area contributed by atoms with Crippen LogP contribution >= 0.6 is 0 Å².